The van der Waals surface area contributed by atoms with E-state index < -0.39 is 0 Å². The fourth-order valence-electron chi connectivity index (χ4n) is 0.643. The summed E-state index contributed by atoms with van der Waals surface area (Å²) in [5.74, 6) is 0.891. The Bertz CT molecular complexity index is 178. The molecule has 0 fully saturated rings. The summed E-state index contributed by atoms with van der Waals surface area (Å²) < 4.78 is 0. The van der Waals surface area contributed by atoms with Gasteiger partial charge >= 0.3 is 0 Å². The van der Waals surface area contributed by atoms with Crippen LogP contribution in [0.4, 0.5) is 0 Å². The van der Waals surface area contributed by atoms with E-state index in [9.17, 15) is 0 Å². The maximum atomic E-state index is 4.20. The van der Waals surface area contributed by atoms with Crippen LogP contribution in [0.15, 0.2) is 29.0 Å². The summed E-state index contributed by atoms with van der Waals surface area (Å²) in [7, 11) is 1.86. The third-order valence-corrected chi connectivity index (χ3v) is 1.32. The Morgan fingerprint density at radius 1 is 1.64 bits per heavy atom. The van der Waals surface area contributed by atoms with E-state index in [1.807, 2.05) is 20.2 Å². The van der Waals surface area contributed by atoms with Crippen molar-refractivity contribution < 1.29 is 0 Å². The number of aliphatic imine (C=N–C) groups is 1. The minimum atomic E-state index is 0.891. The molecule has 2 nitrogen and oxygen atoms in total. The van der Waals surface area contributed by atoms with Crippen molar-refractivity contribution in [2.24, 2.45) is 4.99 Å². The van der Waals surface area contributed by atoms with Crippen molar-refractivity contribution in [3.8, 4) is 0 Å². The lowest BCUT2D eigenvalue weighted by atomic mass is 10.3. The highest BCUT2D eigenvalue weighted by Crippen LogP contribution is 2.01. The fraction of sp³-hybridized carbons (Fsp3) is 0.444. The van der Waals surface area contributed by atoms with Crippen molar-refractivity contribution in [2.45, 2.75) is 20.3 Å². The van der Waals surface area contributed by atoms with Gasteiger partial charge in [-0.3, -0.25) is 0 Å². The first kappa shape index (κ1) is 9.95. The maximum absolute atomic E-state index is 4.20. The molecule has 0 aromatic heterocycles. The van der Waals surface area contributed by atoms with Gasteiger partial charge in [0.2, 0.25) is 0 Å². The average Bonchev–Trinajstić information content (AvgIpc) is 2.05. The normalized spacial score (nSPS) is 13.0. The van der Waals surface area contributed by atoms with Gasteiger partial charge in [-0.25, -0.2) is 4.99 Å². The van der Waals surface area contributed by atoms with Gasteiger partial charge in [-0.15, -0.1) is 0 Å². The van der Waals surface area contributed by atoms with Gasteiger partial charge < -0.3 is 5.32 Å². The van der Waals surface area contributed by atoms with Crippen molar-refractivity contribution in [2.75, 3.05) is 7.05 Å². The summed E-state index contributed by atoms with van der Waals surface area (Å²) in [5.41, 5.74) is 1.07. The topological polar surface area (TPSA) is 24.4 Å². The molecule has 0 radical (unpaired) electrons. The molecule has 0 aliphatic heterocycles. The van der Waals surface area contributed by atoms with Gasteiger partial charge in [0, 0.05) is 13.3 Å². The second-order valence-corrected chi connectivity index (χ2v) is 2.21. The van der Waals surface area contributed by atoms with Crippen LogP contribution in [-0.4, -0.2) is 13.3 Å². The molecule has 0 saturated carbocycles. The minimum absolute atomic E-state index is 0.891. The first-order valence-corrected chi connectivity index (χ1v) is 3.79. The summed E-state index contributed by atoms with van der Waals surface area (Å²) in [6, 6.07) is 0. The summed E-state index contributed by atoms with van der Waals surface area (Å²) in [6.45, 7) is 7.70. The average molecular weight is 152 g/mol. The van der Waals surface area contributed by atoms with E-state index >= 15 is 0 Å². The Kier molecular flexibility index (Phi) is 5.17. The highest BCUT2D eigenvalue weighted by molar-refractivity contribution is 5.58. The largest absolute Gasteiger partial charge is 0.373 e. The van der Waals surface area contributed by atoms with E-state index in [2.05, 4.69) is 23.8 Å². The lowest BCUT2D eigenvalue weighted by Crippen LogP contribution is -2.05. The fourth-order valence-corrected chi connectivity index (χ4v) is 0.643. The molecule has 62 valence electrons. The van der Waals surface area contributed by atoms with Gasteiger partial charge in [0.05, 0.1) is 0 Å². The molecular formula is C9H16N2. The van der Waals surface area contributed by atoms with E-state index in [1.54, 1.807) is 6.08 Å². The second-order valence-electron chi connectivity index (χ2n) is 2.21. The van der Waals surface area contributed by atoms with Gasteiger partial charge in [0.1, 0.15) is 5.82 Å². The first-order chi connectivity index (χ1) is 5.26. The Balaban J connectivity index is 4.38. The summed E-state index contributed by atoms with van der Waals surface area (Å²) in [5, 5.41) is 3.00. The number of hydrogen-bond acceptors (Lipinski definition) is 2. The Hall–Kier alpha value is -1.05. The lowest BCUT2D eigenvalue weighted by molar-refractivity contribution is 0.944. The van der Waals surface area contributed by atoms with E-state index in [4.69, 9.17) is 0 Å². The second kappa shape index (κ2) is 5.71. The molecule has 11 heavy (non-hydrogen) atoms. The molecule has 0 rings (SSSR count). The van der Waals surface area contributed by atoms with Crippen LogP contribution in [-0.2, 0) is 0 Å². The summed E-state index contributed by atoms with van der Waals surface area (Å²) in [4.78, 5) is 4.20. The molecule has 0 aliphatic carbocycles. The Labute approximate surface area is 68.7 Å². The molecule has 0 unspecified atom stereocenters. The molecule has 0 atom stereocenters. The molecule has 1 N–H and O–H groups in total. The third-order valence-electron chi connectivity index (χ3n) is 1.32. The highest BCUT2D eigenvalue weighted by atomic mass is 15.0. The predicted octanol–water partition coefficient (Wildman–Crippen LogP) is 2.10. The number of rotatable bonds is 4. The predicted molar refractivity (Wildman–Crippen MR) is 50.7 cm³/mol. The molecule has 0 aliphatic rings. The van der Waals surface area contributed by atoms with Crippen LogP contribution >= 0.6 is 0 Å². The van der Waals surface area contributed by atoms with Crippen molar-refractivity contribution in [1.29, 1.82) is 0 Å². The van der Waals surface area contributed by atoms with Crippen LogP contribution in [0, 0.1) is 0 Å². The monoisotopic (exact) mass is 152 g/mol. The van der Waals surface area contributed by atoms with Gasteiger partial charge in [-0.1, -0.05) is 19.6 Å². The van der Waals surface area contributed by atoms with Crippen LogP contribution in [0.25, 0.3) is 0 Å². The third kappa shape index (κ3) is 3.61. The Morgan fingerprint density at radius 2 is 2.27 bits per heavy atom. The smallest absolute Gasteiger partial charge is 0.128 e. The number of allylic oxidation sites excluding steroid dienone is 2. The van der Waals surface area contributed by atoms with Crippen LogP contribution in [0.2, 0.25) is 0 Å². The van der Waals surface area contributed by atoms with E-state index in [-0.39, 0.29) is 0 Å². The van der Waals surface area contributed by atoms with E-state index in [0.717, 1.165) is 17.8 Å². The van der Waals surface area contributed by atoms with Gasteiger partial charge in [-0.2, -0.15) is 0 Å². The number of nitrogens with one attached hydrogen (secondary N) is 1. The molecule has 0 saturated heterocycles. The number of hydrogen-bond donors (Lipinski definition) is 1. The molecular weight excluding hydrogens is 136 g/mol. The molecule has 2 heteroatoms. The summed E-state index contributed by atoms with van der Waals surface area (Å²) >= 11 is 0. The summed E-state index contributed by atoms with van der Waals surface area (Å²) in [6.07, 6.45) is 4.62. The SMILES string of the molecule is C=C/C(C)=C(/N=C\CC)NC. The molecule has 0 heterocycles. The Morgan fingerprint density at radius 3 is 2.64 bits per heavy atom. The zero-order valence-electron chi connectivity index (χ0n) is 7.52. The van der Waals surface area contributed by atoms with E-state index in [1.165, 1.54) is 0 Å². The maximum Gasteiger partial charge on any atom is 0.128 e. The van der Waals surface area contributed by atoms with Crippen molar-refractivity contribution in [3.63, 3.8) is 0 Å². The standard InChI is InChI=1S/C9H16N2/c1-5-7-11-9(10-4)8(3)6-2/h6-7,10H,2,5H2,1,3-4H3/b9-8+,11-7-. The van der Waals surface area contributed by atoms with Gasteiger partial charge in [-0.05, 0) is 18.9 Å². The van der Waals surface area contributed by atoms with Crippen molar-refractivity contribution in [1.82, 2.24) is 5.32 Å². The lowest BCUT2D eigenvalue weighted by Gasteiger charge is -2.01. The van der Waals surface area contributed by atoms with Crippen LogP contribution in [0.1, 0.15) is 20.3 Å². The molecule has 0 bridgehead atoms. The van der Waals surface area contributed by atoms with Gasteiger partial charge in [0.15, 0.2) is 0 Å². The molecule has 0 amide bonds. The van der Waals surface area contributed by atoms with E-state index in [0.29, 0.717) is 0 Å². The zero-order valence-corrected chi connectivity index (χ0v) is 7.52. The van der Waals surface area contributed by atoms with Crippen molar-refractivity contribution >= 4 is 6.21 Å². The van der Waals surface area contributed by atoms with Crippen LogP contribution < -0.4 is 5.32 Å². The van der Waals surface area contributed by atoms with Crippen molar-refractivity contribution in [3.05, 3.63) is 24.0 Å². The van der Waals surface area contributed by atoms with Crippen LogP contribution in [0.5, 0.6) is 0 Å². The quantitative estimate of drug-likeness (QED) is 0.484. The zero-order chi connectivity index (χ0) is 8.69. The van der Waals surface area contributed by atoms with Gasteiger partial charge in [0.25, 0.3) is 0 Å². The first-order valence-electron chi connectivity index (χ1n) is 3.79. The van der Waals surface area contributed by atoms with Crippen LogP contribution in [0.3, 0.4) is 0 Å². The molecule has 0 aromatic carbocycles. The highest BCUT2D eigenvalue weighted by Gasteiger charge is 1.91. The molecule has 0 spiro atoms. The molecule has 0 aromatic rings. The number of nitrogens with zero attached hydrogens (tertiary/aromatic N) is 1. The minimum Gasteiger partial charge on any atom is -0.373 e.